The predicted molar refractivity (Wildman–Crippen MR) is 83.9 cm³/mol. The molecule has 2 amide bonds. The minimum atomic E-state index is -0.623. The van der Waals surface area contributed by atoms with Gasteiger partial charge in [-0.3, -0.25) is 9.59 Å². The van der Waals surface area contributed by atoms with E-state index in [9.17, 15) is 18.4 Å². The SMILES string of the molecule is CN(C)C(=O)[C@@H]1CSCN1C(=O)[C@@H]1C[C@@H]1c1ccc(F)cc1F. The second-order valence-corrected chi connectivity index (χ2v) is 7.17. The van der Waals surface area contributed by atoms with E-state index in [1.165, 1.54) is 17.0 Å². The fraction of sp³-hybridized carbons (Fsp3) is 0.500. The number of hydrogen-bond acceptors (Lipinski definition) is 3. The zero-order valence-electron chi connectivity index (χ0n) is 13.0. The molecule has 0 N–H and O–H groups in total. The van der Waals surface area contributed by atoms with Gasteiger partial charge in [0.1, 0.15) is 17.7 Å². The van der Waals surface area contributed by atoms with Crippen molar-refractivity contribution < 1.29 is 18.4 Å². The Labute approximate surface area is 137 Å². The third kappa shape index (κ3) is 3.06. The van der Waals surface area contributed by atoms with Crippen LogP contribution in [0, 0.1) is 17.6 Å². The maximum Gasteiger partial charge on any atom is 0.245 e. The molecule has 1 aromatic carbocycles. The van der Waals surface area contributed by atoms with Gasteiger partial charge in [0.05, 0.1) is 5.88 Å². The first-order chi connectivity index (χ1) is 10.9. The molecule has 1 aromatic rings. The fourth-order valence-corrected chi connectivity index (χ4v) is 4.14. The Kier molecular flexibility index (Phi) is 4.31. The van der Waals surface area contributed by atoms with Gasteiger partial charge in [-0.15, -0.1) is 11.8 Å². The van der Waals surface area contributed by atoms with Crippen LogP contribution in [0.15, 0.2) is 18.2 Å². The molecule has 0 spiro atoms. The second-order valence-electron chi connectivity index (χ2n) is 6.17. The monoisotopic (exact) mass is 340 g/mol. The topological polar surface area (TPSA) is 40.6 Å². The molecule has 0 unspecified atom stereocenters. The molecule has 7 heteroatoms. The van der Waals surface area contributed by atoms with E-state index >= 15 is 0 Å². The number of nitrogens with zero attached hydrogens (tertiary/aromatic N) is 2. The molecule has 0 aromatic heterocycles. The summed E-state index contributed by atoms with van der Waals surface area (Å²) in [4.78, 5) is 27.9. The van der Waals surface area contributed by atoms with Gasteiger partial charge >= 0.3 is 0 Å². The van der Waals surface area contributed by atoms with Crippen molar-refractivity contribution in [3.05, 3.63) is 35.4 Å². The Morgan fingerprint density at radius 2 is 2.04 bits per heavy atom. The standard InChI is InChI=1S/C16H18F2N2O2S/c1-19(2)16(22)14-7-23-8-20(14)15(21)12-6-11(12)10-4-3-9(17)5-13(10)18/h3-5,11-12,14H,6-8H2,1-2H3/t11-,12-,14+/m1/s1. The van der Waals surface area contributed by atoms with E-state index in [0.29, 0.717) is 23.6 Å². The van der Waals surface area contributed by atoms with Gasteiger partial charge in [-0.1, -0.05) is 6.07 Å². The average molecular weight is 340 g/mol. The molecule has 0 radical (unpaired) electrons. The number of rotatable bonds is 3. The van der Waals surface area contributed by atoms with Gasteiger partial charge < -0.3 is 9.80 Å². The lowest BCUT2D eigenvalue weighted by molar-refractivity contribution is -0.142. The lowest BCUT2D eigenvalue weighted by atomic mass is 10.1. The number of likely N-dealkylation sites (N-methyl/N-ethyl adjacent to an activating group) is 1. The normalized spacial score (nSPS) is 26.3. The van der Waals surface area contributed by atoms with Crippen LogP contribution >= 0.6 is 11.8 Å². The van der Waals surface area contributed by atoms with Crippen LogP contribution in [-0.4, -0.2) is 53.4 Å². The van der Waals surface area contributed by atoms with Crippen LogP contribution < -0.4 is 0 Å². The summed E-state index contributed by atoms with van der Waals surface area (Å²) in [5.74, 6) is -0.889. The summed E-state index contributed by atoms with van der Waals surface area (Å²) < 4.78 is 26.8. The molecule has 124 valence electrons. The van der Waals surface area contributed by atoms with E-state index in [1.807, 2.05) is 0 Å². The van der Waals surface area contributed by atoms with Gasteiger partial charge in [0, 0.05) is 31.8 Å². The largest absolute Gasteiger partial charge is 0.347 e. The van der Waals surface area contributed by atoms with E-state index < -0.39 is 17.7 Å². The summed E-state index contributed by atoms with van der Waals surface area (Å²) in [5, 5.41) is 0. The quantitative estimate of drug-likeness (QED) is 0.846. The highest BCUT2D eigenvalue weighted by atomic mass is 32.2. The smallest absolute Gasteiger partial charge is 0.245 e. The first-order valence-electron chi connectivity index (χ1n) is 7.44. The Morgan fingerprint density at radius 3 is 2.70 bits per heavy atom. The molecule has 0 bridgehead atoms. The third-order valence-corrected chi connectivity index (χ3v) is 5.37. The first-order valence-corrected chi connectivity index (χ1v) is 8.60. The van der Waals surface area contributed by atoms with Crippen LogP contribution in [0.2, 0.25) is 0 Å². The number of carbonyl (C=O) groups excluding carboxylic acids is 2. The van der Waals surface area contributed by atoms with Crippen LogP contribution in [0.5, 0.6) is 0 Å². The maximum absolute atomic E-state index is 13.8. The minimum Gasteiger partial charge on any atom is -0.347 e. The van der Waals surface area contributed by atoms with E-state index in [1.54, 1.807) is 30.8 Å². The minimum absolute atomic E-state index is 0.0893. The van der Waals surface area contributed by atoms with Crippen LogP contribution in [-0.2, 0) is 9.59 Å². The molecule has 1 aliphatic carbocycles. The Hall–Kier alpha value is -1.63. The number of hydrogen-bond donors (Lipinski definition) is 0. The average Bonchev–Trinajstić information content (AvgIpc) is 3.12. The Bertz CT molecular complexity index is 653. The van der Waals surface area contributed by atoms with E-state index in [-0.39, 0.29) is 23.7 Å². The number of thioether (sulfide) groups is 1. The lowest BCUT2D eigenvalue weighted by Gasteiger charge is -2.25. The first kappa shape index (κ1) is 16.2. The summed E-state index contributed by atoms with van der Waals surface area (Å²) in [6.07, 6.45) is 0.547. The van der Waals surface area contributed by atoms with Gasteiger partial charge in [-0.2, -0.15) is 0 Å². The molecule has 2 aliphatic rings. The van der Waals surface area contributed by atoms with E-state index in [0.717, 1.165) is 6.07 Å². The van der Waals surface area contributed by atoms with Crippen molar-refractivity contribution >= 4 is 23.6 Å². The number of halogens is 2. The van der Waals surface area contributed by atoms with Crippen molar-refractivity contribution in [1.82, 2.24) is 9.80 Å². The molecular weight excluding hydrogens is 322 g/mol. The Morgan fingerprint density at radius 1 is 1.30 bits per heavy atom. The molecule has 1 heterocycles. The van der Waals surface area contributed by atoms with Gasteiger partial charge in [-0.25, -0.2) is 8.78 Å². The van der Waals surface area contributed by atoms with Crippen molar-refractivity contribution in [2.75, 3.05) is 25.7 Å². The molecule has 3 atom stereocenters. The fourth-order valence-electron chi connectivity index (χ4n) is 2.99. The van der Waals surface area contributed by atoms with E-state index in [2.05, 4.69) is 0 Å². The van der Waals surface area contributed by atoms with Crippen molar-refractivity contribution in [1.29, 1.82) is 0 Å². The van der Waals surface area contributed by atoms with Crippen molar-refractivity contribution in [3.8, 4) is 0 Å². The molecule has 2 fully saturated rings. The number of benzene rings is 1. The Balaban J connectivity index is 1.71. The molecular formula is C16H18F2N2O2S. The van der Waals surface area contributed by atoms with Gasteiger partial charge in [0.2, 0.25) is 11.8 Å². The van der Waals surface area contributed by atoms with Gasteiger partial charge in [0.15, 0.2) is 0 Å². The van der Waals surface area contributed by atoms with Crippen LogP contribution in [0.1, 0.15) is 17.9 Å². The van der Waals surface area contributed by atoms with E-state index in [4.69, 9.17) is 0 Å². The van der Waals surface area contributed by atoms with Crippen LogP contribution in [0.3, 0.4) is 0 Å². The summed E-state index contributed by atoms with van der Waals surface area (Å²) in [6, 6.07) is 3.02. The maximum atomic E-state index is 13.8. The number of carbonyl (C=O) groups is 2. The van der Waals surface area contributed by atoms with Crippen molar-refractivity contribution in [3.63, 3.8) is 0 Å². The highest BCUT2D eigenvalue weighted by Gasteiger charge is 2.49. The third-order valence-electron chi connectivity index (χ3n) is 4.36. The van der Waals surface area contributed by atoms with Gasteiger partial charge in [0.25, 0.3) is 0 Å². The van der Waals surface area contributed by atoms with Crippen molar-refractivity contribution in [2.45, 2.75) is 18.4 Å². The van der Waals surface area contributed by atoms with Gasteiger partial charge in [-0.05, 0) is 24.0 Å². The van der Waals surface area contributed by atoms with Crippen molar-refractivity contribution in [2.24, 2.45) is 5.92 Å². The van der Waals surface area contributed by atoms with Crippen LogP contribution in [0.4, 0.5) is 8.78 Å². The summed E-state index contributed by atoms with van der Waals surface area (Å²) >= 11 is 1.55. The molecule has 3 rings (SSSR count). The molecule has 4 nitrogen and oxygen atoms in total. The molecule has 23 heavy (non-hydrogen) atoms. The highest BCUT2D eigenvalue weighted by molar-refractivity contribution is 7.99. The summed E-state index contributed by atoms with van der Waals surface area (Å²) in [5.41, 5.74) is 0.382. The summed E-state index contributed by atoms with van der Waals surface area (Å²) in [6.45, 7) is 0. The number of amides is 2. The molecule has 1 aliphatic heterocycles. The zero-order chi connectivity index (χ0) is 16.7. The van der Waals surface area contributed by atoms with Crippen LogP contribution in [0.25, 0.3) is 0 Å². The predicted octanol–water partition coefficient (Wildman–Crippen LogP) is 2.06. The lowest BCUT2D eigenvalue weighted by Crippen LogP contribution is -2.47. The summed E-state index contributed by atoms with van der Waals surface area (Å²) in [7, 11) is 3.34. The highest BCUT2D eigenvalue weighted by Crippen LogP contribution is 2.50. The second kappa shape index (κ2) is 6.11. The zero-order valence-corrected chi connectivity index (χ0v) is 13.8. The molecule has 1 saturated heterocycles. The molecule has 1 saturated carbocycles.